The van der Waals surface area contributed by atoms with Crippen molar-refractivity contribution in [3.63, 3.8) is 0 Å². The largest absolute Gasteiger partial charge is 0.460 e. The third-order valence-corrected chi connectivity index (χ3v) is 1.49. The maximum Gasteiger partial charge on any atom is 0.343 e. The summed E-state index contributed by atoms with van der Waals surface area (Å²) in [4.78, 5) is 36.3. The van der Waals surface area contributed by atoms with E-state index < -0.39 is 18.0 Å². The van der Waals surface area contributed by atoms with Gasteiger partial charge in [0.2, 0.25) is 0 Å². The molecule has 0 aliphatic rings. The fourth-order valence-corrected chi connectivity index (χ4v) is 0.688. The molecule has 0 unspecified atom stereocenters. The lowest BCUT2D eigenvalue weighted by Crippen LogP contribution is -2.40. The summed E-state index contributed by atoms with van der Waals surface area (Å²) in [6, 6.07) is -0.596. The molecule has 0 aromatic rings. The summed E-state index contributed by atoms with van der Waals surface area (Å²) in [5.74, 6) is 3.26. The second-order valence-electron chi connectivity index (χ2n) is 3.02. The Morgan fingerprint density at radius 3 is 2.47 bits per heavy atom. The Bertz CT molecular complexity index is 316. The lowest BCUT2D eigenvalue weighted by molar-refractivity contribution is -0.142. The fourth-order valence-electron chi connectivity index (χ4n) is 0.688. The molecule has 0 saturated carbocycles. The molecule has 0 atom stereocenters. The monoisotopic (exact) mass is 245 g/mol. The van der Waals surface area contributed by atoms with Crippen LogP contribution in [0.1, 0.15) is 6.92 Å². The van der Waals surface area contributed by atoms with Gasteiger partial charge in [0.25, 0.3) is 0 Å². The molecule has 0 aromatic heterocycles. The maximum atomic E-state index is 11.0. The molecule has 17 heavy (non-hydrogen) atoms. The van der Waals surface area contributed by atoms with E-state index in [1.165, 1.54) is 6.92 Å². The van der Waals surface area contributed by atoms with Gasteiger partial charge in [0.15, 0.2) is 0 Å². The molecule has 8 nitrogen and oxygen atoms in total. The number of rotatable bonds is 6. The highest BCUT2D eigenvalue weighted by atomic mass is 16.7. The van der Waals surface area contributed by atoms with Crippen LogP contribution in [0.2, 0.25) is 0 Å². The molecule has 8 heteroatoms. The molecule has 96 valence electrons. The van der Waals surface area contributed by atoms with E-state index in [0.717, 1.165) is 0 Å². The second-order valence-corrected chi connectivity index (χ2v) is 3.02. The van der Waals surface area contributed by atoms with Crippen molar-refractivity contribution in [2.24, 2.45) is 5.90 Å². The topological polar surface area (TPSA) is 120 Å². The van der Waals surface area contributed by atoms with Crippen LogP contribution in [-0.4, -0.2) is 37.7 Å². The zero-order valence-electron chi connectivity index (χ0n) is 9.45. The smallest absolute Gasteiger partial charge is 0.343 e. The number of amides is 2. The highest BCUT2D eigenvalue weighted by Crippen LogP contribution is 1.90. The lowest BCUT2D eigenvalue weighted by atomic mass is 10.4. The van der Waals surface area contributed by atoms with Crippen LogP contribution >= 0.6 is 0 Å². The number of hydrogen-bond acceptors (Lipinski definition) is 6. The van der Waals surface area contributed by atoms with E-state index in [9.17, 15) is 14.4 Å². The summed E-state index contributed by atoms with van der Waals surface area (Å²) in [5, 5.41) is 4.53. The second kappa shape index (κ2) is 8.11. The first kappa shape index (κ1) is 14.9. The van der Waals surface area contributed by atoms with Crippen molar-refractivity contribution < 1.29 is 24.0 Å². The van der Waals surface area contributed by atoms with Crippen LogP contribution in [-0.2, 0) is 19.2 Å². The number of hydrogen-bond donors (Lipinski definition) is 3. The number of nitrogens with two attached hydrogens (primary N) is 1. The van der Waals surface area contributed by atoms with Crippen molar-refractivity contribution in [2.75, 3.05) is 19.7 Å². The predicted molar refractivity (Wildman–Crippen MR) is 57.5 cm³/mol. The molecule has 0 aliphatic heterocycles. The van der Waals surface area contributed by atoms with E-state index in [0.29, 0.717) is 0 Å². The Balaban J connectivity index is 3.55. The zero-order valence-corrected chi connectivity index (χ0v) is 9.45. The third kappa shape index (κ3) is 7.79. The van der Waals surface area contributed by atoms with Gasteiger partial charge < -0.3 is 20.2 Å². The van der Waals surface area contributed by atoms with Gasteiger partial charge in [0.05, 0.1) is 6.54 Å². The van der Waals surface area contributed by atoms with E-state index in [-0.39, 0.29) is 25.3 Å². The minimum absolute atomic E-state index is 0.0143. The van der Waals surface area contributed by atoms with Crippen LogP contribution < -0.4 is 16.5 Å². The fraction of sp³-hybridized carbons (Fsp3) is 0.444. The molecule has 0 aliphatic carbocycles. The molecule has 4 N–H and O–H groups in total. The summed E-state index contributed by atoms with van der Waals surface area (Å²) < 4.78 is 4.71. The van der Waals surface area contributed by atoms with E-state index in [4.69, 9.17) is 4.74 Å². The Morgan fingerprint density at radius 1 is 1.29 bits per heavy atom. The number of esters is 1. The summed E-state index contributed by atoms with van der Waals surface area (Å²) >= 11 is 0. The van der Waals surface area contributed by atoms with E-state index in [2.05, 4.69) is 27.9 Å². The van der Waals surface area contributed by atoms with Gasteiger partial charge in [-0.3, -0.25) is 0 Å². The number of carbonyl (C=O) groups excluding carboxylic acids is 3. The lowest BCUT2D eigenvalue weighted by Gasteiger charge is -2.07. The molecule has 0 bridgehead atoms. The van der Waals surface area contributed by atoms with Crippen LogP contribution in [0.25, 0.3) is 0 Å². The Labute approximate surface area is 98.1 Å². The van der Waals surface area contributed by atoms with Crippen LogP contribution in [0, 0.1) is 0 Å². The van der Waals surface area contributed by atoms with Gasteiger partial charge >= 0.3 is 18.0 Å². The van der Waals surface area contributed by atoms with Crippen LogP contribution in [0.4, 0.5) is 4.79 Å². The average molecular weight is 245 g/mol. The SMILES string of the molecule is C=C(C)C(=O)OCCNC(=O)NCC(=O)ON. The first-order valence-electron chi connectivity index (χ1n) is 4.71. The Hall–Kier alpha value is -2.09. The van der Waals surface area contributed by atoms with Crippen LogP contribution in [0.5, 0.6) is 0 Å². The van der Waals surface area contributed by atoms with Crippen molar-refractivity contribution in [3.05, 3.63) is 12.2 Å². The Morgan fingerprint density at radius 2 is 1.94 bits per heavy atom. The number of ether oxygens (including phenoxy) is 1. The molecule has 0 radical (unpaired) electrons. The molecular formula is C9H15N3O5. The molecule has 2 amide bonds. The van der Waals surface area contributed by atoms with Gasteiger partial charge in [-0.05, 0) is 6.92 Å². The maximum absolute atomic E-state index is 11.0. The summed E-state index contributed by atoms with van der Waals surface area (Å²) in [7, 11) is 0. The zero-order chi connectivity index (χ0) is 13.3. The van der Waals surface area contributed by atoms with Crippen molar-refractivity contribution in [3.8, 4) is 0 Å². The average Bonchev–Trinajstić information content (AvgIpc) is 2.30. The van der Waals surface area contributed by atoms with Gasteiger partial charge in [-0.25, -0.2) is 14.4 Å². The van der Waals surface area contributed by atoms with Gasteiger partial charge in [-0.2, -0.15) is 5.90 Å². The molecule has 0 rings (SSSR count). The number of nitrogens with one attached hydrogen (secondary N) is 2. The molecule has 0 heterocycles. The summed E-state index contributed by atoms with van der Waals surface area (Å²) in [6.07, 6.45) is 0. The number of urea groups is 1. The van der Waals surface area contributed by atoms with Crippen LogP contribution in [0.15, 0.2) is 12.2 Å². The van der Waals surface area contributed by atoms with Crippen molar-refractivity contribution >= 4 is 18.0 Å². The normalized spacial score (nSPS) is 9.06. The highest BCUT2D eigenvalue weighted by Gasteiger charge is 2.05. The van der Waals surface area contributed by atoms with E-state index >= 15 is 0 Å². The van der Waals surface area contributed by atoms with E-state index in [1.807, 2.05) is 0 Å². The summed E-state index contributed by atoms with van der Waals surface area (Å²) in [5.41, 5.74) is 0.278. The highest BCUT2D eigenvalue weighted by molar-refractivity contribution is 5.87. The molecule has 0 saturated heterocycles. The van der Waals surface area contributed by atoms with E-state index in [1.54, 1.807) is 0 Å². The standard InChI is InChI=1S/C9H15N3O5/c1-6(2)8(14)16-4-3-11-9(15)12-5-7(13)17-10/h1,3-5,10H2,2H3,(H2,11,12,15). The molecular weight excluding hydrogens is 230 g/mol. The minimum Gasteiger partial charge on any atom is -0.460 e. The van der Waals surface area contributed by atoms with Crippen molar-refractivity contribution in [1.82, 2.24) is 10.6 Å². The number of carbonyl (C=O) groups is 3. The third-order valence-electron chi connectivity index (χ3n) is 1.49. The van der Waals surface area contributed by atoms with Crippen molar-refractivity contribution in [2.45, 2.75) is 6.92 Å². The molecule has 0 spiro atoms. The first-order valence-corrected chi connectivity index (χ1v) is 4.71. The Kier molecular flexibility index (Phi) is 7.11. The van der Waals surface area contributed by atoms with Gasteiger partial charge in [-0.15, -0.1) is 0 Å². The van der Waals surface area contributed by atoms with Crippen molar-refractivity contribution in [1.29, 1.82) is 0 Å². The van der Waals surface area contributed by atoms with Crippen LogP contribution in [0.3, 0.4) is 0 Å². The van der Waals surface area contributed by atoms with Gasteiger partial charge in [-0.1, -0.05) is 6.58 Å². The predicted octanol–water partition coefficient (Wildman–Crippen LogP) is -1.18. The van der Waals surface area contributed by atoms with Gasteiger partial charge in [0, 0.05) is 5.57 Å². The first-order chi connectivity index (χ1) is 7.97. The minimum atomic E-state index is -0.770. The molecule has 0 aromatic carbocycles. The summed E-state index contributed by atoms with van der Waals surface area (Å²) in [6.45, 7) is 4.69. The molecule has 0 fully saturated rings. The van der Waals surface area contributed by atoms with Gasteiger partial charge in [0.1, 0.15) is 13.2 Å². The quantitative estimate of drug-likeness (QED) is 0.234.